The molecule has 1 aromatic heterocycles. The number of hydrogen-bond donors (Lipinski definition) is 2. The van der Waals surface area contributed by atoms with Crippen molar-refractivity contribution in [2.45, 2.75) is 0 Å². The summed E-state index contributed by atoms with van der Waals surface area (Å²) in [7, 11) is 0. The van der Waals surface area contributed by atoms with Crippen LogP contribution in [0.1, 0.15) is 10.4 Å². The summed E-state index contributed by atoms with van der Waals surface area (Å²) in [4.78, 5) is 25.2. The molecule has 0 atom stereocenters. The third kappa shape index (κ3) is 1.72. The lowest BCUT2D eigenvalue weighted by atomic mass is 10.1. The fraction of sp³-hybridized carbons (Fsp3) is 0. The average Bonchev–Trinajstić information content (AvgIpc) is 2.29. The molecular weight excluding hydrogens is 206 g/mol. The smallest absolute Gasteiger partial charge is 0.341 e. The lowest BCUT2D eigenvalue weighted by Gasteiger charge is -2.04. The van der Waals surface area contributed by atoms with Crippen molar-refractivity contribution in [1.29, 1.82) is 0 Å². The fourth-order valence-corrected chi connectivity index (χ4v) is 1.52. The summed E-state index contributed by atoms with van der Waals surface area (Å²) in [5.74, 6) is -1.22. The Hall–Kier alpha value is -2.36. The van der Waals surface area contributed by atoms with Crippen LogP contribution in [0.4, 0.5) is 0 Å². The number of carboxylic acids is 1. The number of aromatic nitrogens is 1. The molecule has 0 aliphatic rings. The Morgan fingerprint density at radius 1 is 1.12 bits per heavy atom. The summed E-state index contributed by atoms with van der Waals surface area (Å²) in [6, 6.07) is 10.1. The first kappa shape index (κ1) is 10.2. The second kappa shape index (κ2) is 4.02. The van der Waals surface area contributed by atoms with Gasteiger partial charge in [0.25, 0.3) is 0 Å². The van der Waals surface area contributed by atoms with Crippen molar-refractivity contribution >= 4 is 5.97 Å². The van der Waals surface area contributed by atoms with Crippen molar-refractivity contribution in [2.75, 3.05) is 0 Å². The largest absolute Gasteiger partial charge is 0.477 e. The van der Waals surface area contributed by atoms with Crippen LogP contribution < -0.4 is 5.43 Å². The van der Waals surface area contributed by atoms with Crippen molar-refractivity contribution < 1.29 is 9.90 Å². The van der Waals surface area contributed by atoms with Crippen LogP contribution in [-0.4, -0.2) is 16.1 Å². The van der Waals surface area contributed by atoms with E-state index in [1.54, 1.807) is 24.3 Å². The number of H-pyrrole nitrogens is 1. The van der Waals surface area contributed by atoms with Crippen molar-refractivity contribution in [3.63, 3.8) is 0 Å². The molecule has 0 unspecified atom stereocenters. The van der Waals surface area contributed by atoms with Gasteiger partial charge in [0.15, 0.2) is 5.43 Å². The van der Waals surface area contributed by atoms with E-state index in [-0.39, 0.29) is 5.56 Å². The van der Waals surface area contributed by atoms with E-state index in [0.29, 0.717) is 11.3 Å². The van der Waals surface area contributed by atoms with E-state index >= 15 is 0 Å². The zero-order valence-corrected chi connectivity index (χ0v) is 8.31. The molecule has 2 N–H and O–H groups in total. The molecule has 0 aliphatic heterocycles. The van der Waals surface area contributed by atoms with Crippen LogP contribution in [0, 0.1) is 0 Å². The highest BCUT2D eigenvalue weighted by Gasteiger charge is 2.15. The average molecular weight is 215 g/mol. The molecule has 16 heavy (non-hydrogen) atoms. The molecule has 0 radical (unpaired) electrons. The number of aromatic amines is 1. The maximum absolute atomic E-state index is 11.5. The molecule has 0 spiro atoms. The molecule has 2 rings (SSSR count). The van der Waals surface area contributed by atoms with E-state index in [4.69, 9.17) is 5.11 Å². The summed E-state index contributed by atoms with van der Waals surface area (Å²) in [5.41, 5.74) is 0.289. The molecule has 0 fully saturated rings. The summed E-state index contributed by atoms with van der Waals surface area (Å²) in [5, 5.41) is 8.99. The molecular formula is C12H9NO3. The molecule has 1 aromatic carbocycles. The van der Waals surface area contributed by atoms with Gasteiger partial charge in [0.05, 0.1) is 5.69 Å². The molecule has 4 nitrogen and oxygen atoms in total. The normalized spacial score (nSPS) is 10.0. The Morgan fingerprint density at radius 3 is 2.44 bits per heavy atom. The predicted octanol–water partition coefficient (Wildman–Crippen LogP) is 1.74. The maximum atomic E-state index is 11.5. The van der Waals surface area contributed by atoms with E-state index in [1.807, 2.05) is 6.07 Å². The lowest BCUT2D eigenvalue weighted by molar-refractivity contribution is 0.0696. The number of pyridine rings is 1. The van der Waals surface area contributed by atoms with Crippen LogP contribution in [0.3, 0.4) is 0 Å². The first-order valence-electron chi connectivity index (χ1n) is 4.70. The fourth-order valence-electron chi connectivity index (χ4n) is 1.52. The Labute approximate surface area is 91.2 Å². The molecule has 0 aliphatic carbocycles. The minimum Gasteiger partial charge on any atom is -0.477 e. The predicted molar refractivity (Wildman–Crippen MR) is 59.5 cm³/mol. The number of benzene rings is 1. The second-order valence-corrected chi connectivity index (χ2v) is 3.26. The Morgan fingerprint density at radius 2 is 1.81 bits per heavy atom. The van der Waals surface area contributed by atoms with Gasteiger partial charge in [-0.2, -0.15) is 0 Å². The monoisotopic (exact) mass is 215 g/mol. The molecule has 2 aromatic rings. The van der Waals surface area contributed by atoms with E-state index in [2.05, 4.69) is 4.98 Å². The Kier molecular flexibility index (Phi) is 2.55. The number of aromatic carboxylic acids is 1. The van der Waals surface area contributed by atoms with Gasteiger partial charge in [0.2, 0.25) is 0 Å². The maximum Gasteiger partial charge on any atom is 0.341 e. The highest BCUT2D eigenvalue weighted by Crippen LogP contribution is 2.18. The van der Waals surface area contributed by atoms with Gasteiger partial charge in [0.1, 0.15) is 5.56 Å². The Balaban J connectivity index is 2.71. The van der Waals surface area contributed by atoms with Gasteiger partial charge in [-0.05, 0) is 5.56 Å². The lowest BCUT2D eigenvalue weighted by Crippen LogP contribution is -2.16. The van der Waals surface area contributed by atoms with Crippen LogP contribution >= 0.6 is 0 Å². The summed E-state index contributed by atoms with van der Waals surface area (Å²) < 4.78 is 0. The van der Waals surface area contributed by atoms with Crippen LogP contribution in [0.2, 0.25) is 0 Å². The van der Waals surface area contributed by atoms with Gasteiger partial charge >= 0.3 is 5.97 Å². The van der Waals surface area contributed by atoms with Gasteiger partial charge in [-0.15, -0.1) is 0 Å². The first-order valence-corrected chi connectivity index (χ1v) is 4.70. The minimum absolute atomic E-state index is 0.228. The summed E-state index contributed by atoms with van der Waals surface area (Å²) in [6.45, 7) is 0. The quantitative estimate of drug-likeness (QED) is 0.801. The van der Waals surface area contributed by atoms with Gasteiger partial charge in [0, 0.05) is 12.3 Å². The van der Waals surface area contributed by atoms with Gasteiger partial charge in [-0.1, -0.05) is 30.3 Å². The van der Waals surface area contributed by atoms with E-state index in [0.717, 1.165) is 0 Å². The topological polar surface area (TPSA) is 70.2 Å². The first-order chi connectivity index (χ1) is 7.70. The molecule has 0 bridgehead atoms. The molecule has 4 heteroatoms. The molecule has 1 heterocycles. The van der Waals surface area contributed by atoms with Crippen LogP contribution in [0.5, 0.6) is 0 Å². The van der Waals surface area contributed by atoms with Crippen LogP contribution in [-0.2, 0) is 0 Å². The third-order valence-electron chi connectivity index (χ3n) is 2.24. The summed E-state index contributed by atoms with van der Waals surface area (Å²) >= 11 is 0. The third-order valence-corrected chi connectivity index (χ3v) is 2.24. The molecule has 80 valence electrons. The summed E-state index contributed by atoms with van der Waals surface area (Å²) in [6.07, 6.45) is 1.44. The number of carboxylic acid groups (broad SMARTS) is 1. The van der Waals surface area contributed by atoms with Crippen LogP contribution in [0.25, 0.3) is 11.3 Å². The zero-order valence-electron chi connectivity index (χ0n) is 8.31. The SMILES string of the molecule is O=C(O)c1c(-c2ccccc2)[nH]ccc1=O. The van der Waals surface area contributed by atoms with Gasteiger partial charge < -0.3 is 10.1 Å². The van der Waals surface area contributed by atoms with Crippen molar-refractivity contribution in [3.8, 4) is 11.3 Å². The van der Waals surface area contributed by atoms with Crippen molar-refractivity contribution in [3.05, 3.63) is 58.4 Å². The highest BCUT2D eigenvalue weighted by atomic mass is 16.4. The standard InChI is InChI=1S/C12H9NO3/c14-9-6-7-13-11(10(9)12(15)16)8-4-2-1-3-5-8/h1-7H,(H,13,14)(H,15,16). The van der Waals surface area contributed by atoms with Crippen molar-refractivity contribution in [1.82, 2.24) is 4.98 Å². The van der Waals surface area contributed by atoms with E-state index in [9.17, 15) is 9.59 Å². The zero-order chi connectivity index (χ0) is 11.5. The second-order valence-electron chi connectivity index (χ2n) is 3.26. The number of carbonyl (C=O) groups is 1. The molecule has 0 saturated heterocycles. The number of hydrogen-bond acceptors (Lipinski definition) is 2. The highest BCUT2D eigenvalue weighted by molar-refractivity contribution is 5.94. The Bertz CT molecular complexity index is 572. The van der Waals surface area contributed by atoms with E-state index in [1.165, 1.54) is 12.3 Å². The van der Waals surface area contributed by atoms with E-state index < -0.39 is 11.4 Å². The van der Waals surface area contributed by atoms with Crippen molar-refractivity contribution in [2.24, 2.45) is 0 Å². The van der Waals surface area contributed by atoms with Crippen LogP contribution in [0.15, 0.2) is 47.4 Å². The number of nitrogens with one attached hydrogen (secondary N) is 1. The van der Waals surface area contributed by atoms with Gasteiger partial charge in [-0.3, -0.25) is 4.79 Å². The molecule has 0 amide bonds. The van der Waals surface area contributed by atoms with Gasteiger partial charge in [-0.25, -0.2) is 4.79 Å². The number of rotatable bonds is 2. The minimum atomic E-state index is -1.22. The molecule has 0 saturated carbocycles.